The Bertz CT molecular complexity index is 271. The molecule has 0 spiro atoms. The van der Waals surface area contributed by atoms with E-state index in [0.717, 1.165) is 0 Å². The quantitative estimate of drug-likeness (QED) is 0.456. The van der Waals surface area contributed by atoms with Crippen LogP contribution in [0.15, 0.2) is 5.16 Å². The molecule has 0 saturated carbocycles. The summed E-state index contributed by atoms with van der Waals surface area (Å²) in [7, 11) is 0. The highest BCUT2D eigenvalue weighted by Crippen LogP contribution is 2.23. The summed E-state index contributed by atoms with van der Waals surface area (Å²) in [5, 5.41) is 5.72. The van der Waals surface area contributed by atoms with Crippen molar-refractivity contribution in [3.63, 3.8) is 0 Å². The molecule has 0 aromatic heterocycles. The number of fused-ring (bicyclic) bond motifs is 1. The lowest BCUT2D eigenvalue weighted by Gasteiger charge is -1.99. The highest BCUT2D eigenvalue weighted by Gasteiger charge is 2.49. The van der Waals surface area contributed by atoms with Crippen molar-refractivity contribution in [1.82, 2.24) is 5.32 Å². The molecule has 2 aliphatic heterocycles. The molecule has 1 N–H and O–H groups in total. The van der Waals surface area contributed by atoms with E-state index in [4.69, 9.17) is 4.84 Å². The number of nitrogens with zero attached hydrogens (tertiary/aromatic N) is 1. The van der Waals surface area contributed by atoms with Crippen molar-refractivity contribution < 1.29 is 14.4 Å². The Balaban J connectivity index is 2.35. The van der Waals surface area contributed by atoms with Gasteiger partial charge in [-0.1, -0.05) is 5.16 Å². The van der Waals surface area contributed by atoms with Crippen LogP contribution < -0.4 is 5.32 Å². The van der Waals surface area contributed by atoms with Gasteiger partial charge in [-0.2, -0.15) is 0 Å². The largest absolute Gasteiger partial charge is 0.381 e. The summed E-state index contributed by atoms with van der Waals surface area (Å²) in [6.07, 6.45) is -0.706. The minimum atomic E-state index is -0.706. The molecule has 0 radical (unpaired) electrons. The van der Waals surface area contributed by atoms with E-state index in [-0.39, 0.29) is 11.8 Å². The third-order valence-corrected chi connectivity index (χ3v) is 1.85. The Kier molecular flexibility index (Phi) is 1.04. The average Bonchev–Trinajstić information content (AvgIpc) is 2.41. The van der Waals surface area contributed by atoms with Gasteiger partial charge in [0.25, 0.3) is 5.91 Å². The Morgan fingerprint density at radius 1 is 1.45 bits per heavy atom. The highest BCUT2D eigenvalue weighted by atomic mass is 16.6. The Morgan fingerprint density at radius 3 is 2.82 bits per heavy atom. The van der Waals surface area contributed by atoms with Crippen LogP contribution in [0.4, 0.5) is 0 Å². The Labute approximate surface area is 62.4 Å². The maximum atomic E-state index is 11.0. The first-order valence-electron chi connectivity index (χ1n) is 3.25. The molecule has 5 heteroatoms. The monoisotopic (exact) mass is 154 g/mol. The van der Waals surface area contributed by atoms with Gasteiger partial charge in [0.2, 0.25) is 12.0 Å². The van der Waals surface area contributed by atoms with Gasteiger partial charge in [0, 0.05) is 0 Å². The number of carbonyl (C=O) groups excluding carboxylic acids is 2. The first-order valence-corrected chi connectivity index (χ1v) is 3.25. The highest BCUT2D eigenvalue weighted by molar-refractivity contribution is 6.18. The van der Waals surface area contributed by atoms with Gasteiger partial charge in [-0.15, -0.1) is 0 Å². The summed E-state index contributed by atoms with van der Waals surface area (Å²) in [4.78, 5) is 26.6. The average molecular weight is 154 g/mol. The topological polar surface area (TPSA) is 67.8 Å². The maximum Gasteiger partial charge on any atom is 0.271 e. The van der Waals surface area contributed by atoms with Crippen molar-refractivity contribution in [3.8, 4) is 0 Å². The molecule has 2 heterocycles. The molecule has 0 aromatic carbocycles. The van der Waals surface area contributed by atoms with E-state index >= 15 is 0 Å². The molecular formula is C6H6N2O3. The predicted molar refractivity (Wildman–Crippen MR) is 34.6 cm³/mol. The number of imide groups is 1. The van der Waals surface area contributed by atoms with Crippen molar-refractivity contribution in [1.29, 1.82) is 0 Å². The number of carbonyl (C=O) groups is 2. The fourth-order valence-corrected chi connectivity index (χ4v) is 1.27. The molecule has 0 aliphatic carbocycles. The fraction of sp³-hybridized carbons (Fsp3) is 0.500. The van der Waals surface area contributed by atoms with Crippen LogP contribution in [-0.4, -0.2) is 23.6 Å². The van der Waals surface area contributed by atoms with Crippen molar-refractivity contribution >= 4 is 17.5 Å². The standard InChI is InChI=1S/C6H6N2O3/c1-2-3-4(11-8-2)6(10)7-5(3)9/h3-4H,1H3,(H,7,9,10). The number of oxime groups is 1. The van der Waals surface area contributed by atoms with E-state index in [1.807, 2.05) is 0 Å². The number of hydrogen-bond acceptors (Lipinski definition) is 4. The Hall–Kier alpha value is -1.39. The summed E-state index contributed by atoms with van der Waals surface area (Å²) in [5.41, 5.74) is 0.568. The van der Waals surface area contributed by atoms with Crippen LogP contribution in [0.2, 0.25) is 0 Å². The molecule has 2 unspecified atom stereocenters. The van der Waals surface area contributed by atoms with Crippen LogP contribution in [0.25, 0.3) is 0 Å². The molecule has 11 heavy (non-hydrogen) atoms. The van der Waals surface area contributed by atoms with Gasteiger partial charge in [0.15, 0.2) is 0 Å². The maximum absolute atomic E-state index is 11.0. The van der Waals surface area contributed by atoms with E-state index < -0.39 is 12.0 Å². The zero-order valence-corrected chi connectivity index (χ0v) is 5.83. The second kappa shape index (κ2) is 1.81. The zero-order chi connectivity index (χ0) is 8.01. The molecule has 2 rings (SSSR count). The number of amides is 2. The van der Waals surface area contributed by atoms with E-state index in [9.17, 15) is 9.59 Å². The lowest BCUT2D eigenvalue weighted by Crippen LogP contribution is -2.25. The first-order chi connectivity index (χ1) is 5.20. The number of nitrogens with one attached hydrogen (secondary N) is 1. The molecule has 58 valence electrons. The van der Waals surface area contributed by atoms with Gasteiger partial charge in [0.05, 0.1) is 5.71 Å². The fourth-order valence-electron chi connectivity index (χ4n) is 1.27. The minimum absolute atomic E-state index is 0.307. The molecule has 1 saturated heterocycles. The number of hydrogen-bond donors (Lipinski definition) is 1. The van der Waals surface area contributed by atoms with Crippen LogP contribution in [0.1, 0.15) is 6.92 Å². The summed E-state index contributed by atoms with van der Waals surface area (Å²) in [6.45, 7) is 1.67. The SMILES string of the molecule is CC1=NOC2C(=O)NC(=O)C12. The molecule has 0 bridgehead atoms. The number of rotatable bonds is 0. The third kappa shape index (κ3) is 0.675. The molecular weight excluding hydrogens is 148 g/mol. The van der Waals surface area contributed by atoms with E-state index in [2.05, 4.69) is 10.5 Å². The molecule has 1 fully saturated rings. The van der Waals surface area contributed by atoms with Crippen molar-refractivity contribution in [2.75, 3.05) is 0 Å². The predicted octanol–water partition coefficient (Wildman–Crippen LogP) is -0.966. The van der Waals surface area contributed by atoms with Gasteiger partial charge >= 0.3 is 0 Å². The van der Waals surface area contributed by atoms with E-state index in [1.54, 1.807) is 6.92 Å². The molecule has 2 atom stereocenters. The van der Waals surface area contributed by atoms with E-state index in [0.29, 0.717) is 5.71 Å². The van der Waals surface area contributed by atoms with Crippen LogP contribution in [0.3, 0.4) is 0 Å². The Morgan fingerprint density at radius 2 is 2.18 bits per heavy atom. The van der Waals surface area contributed by atoms with Crippen LogP contribution in [-0.2, 0) is 14.4 Å². The van der Waals surface area contributed by atoms with Crippen LogP contribution in [0.5, 0.6) is 0 Å². The summed E-state index contributed by atoms with van der Waals surface area (Å²) < 4.78 is 0. The van der Waals surface area contributed by atoms with Gasteiger partial charge in [0.1, 0.15) is 5.92 Å². The van der Waals surface area contributed by atoms with E-state index in [1.165, 1.54) is 0 Å². The zero-order valence-electron chi connectivity index (χ0n) is 5.83. The summed E-state index contributed by atoms with van der Waals surface area (Å²) in [6, 6.07) is 0. The van der Waals surface area contributed by atoms with Gasteiger partial charge in [-0.3, -0.25) is 14.9 Å². The lowest BCUT2D eigenvalue weighted by atomic mass is 10.0. The second-order valence-electron chi connectivity index (χ2n) is 2.59. The normalized spacial score (nSPS) is 34.5. The van der Waals surface area contributed by atoms with Crippen molar-refractivity contribution in [2.24, 2.45) is 11.1 Å². The lowest BCUT2D eigenvalue weighted by molar-refractivity contribution is -0.129. The van der Waals surface area contributed by atoms with Crippen molar-refractivity contribution in [2.45, 2.75) is 13.0 Å². The smallest absolute Gasteiger partial charge is 0.271 e. The second-order valence-corrected chi connectivity index (χ2v) is 2.59. The summed E-state index contributed by atoms with van der Waals surface area (Å²) >= 11 is 0. The molecule has 0 aromatic rings. The first kappa shape index (κ1) is 6.33. The van der Waals surface area contributed by atoms with Gasteiger partial charge in [-0.05, 0) is 6.92 Å². The molecule has 2 amide bonds. The molecule has 2 aliphatic rings. The van der Waals surface area contributed by atoms with Crippen LogP contribution in [0, 0.1) is 5.92 Å². The summed E-state index contributed by atoms with van der Waals surface area (Å²) in [5.74, 6) is -1.18. The molecule has 5 nitrogen and oxygen atoms in total. The van der Waals surface area contributed by atoms with Gasteiger partial charge < -0.3 is 4.84 Å². The third-order valence-electron chi connectivity index (χ3n) is 1.85. The minimum Gasteiger partial charge on any atom is -0.381 e. The van der Waals surface area contributed by atoms with Crippen molar-refractivity contribution in [3.05, 3.63) is 0 Å². The van der Waals surface area contributed by atoms with Gasteiger partial charge in [-0.25, -0.2) is 0 Å². The van der Waals surface area contributed by atoms with Crippen LogP contribution >= 0.6 is 0 Å².